The summed E-state index contributed by atoms with van der Waals surface area (Å²) in [5.41, 5.74) is 6.64. The Morgan fingerprint density at radius 1 is 1.05 bits per heavy atom. The normalized spacial score (nSPS) is 20.2. The molecule has 1 saturated heterocycles. The summed E-state index contributed by atoms with van der Waals surface area (Å²) in [6.07, 6.45) is 6.76. The molecule has 0 unspecified atom stereocenters. The van der Waals surface area contributed by atoms with E-state index < -0.39 is 0 Å². The van der Waals surface area contributed by atoms with Gasteiger partial charge in [0.2, 0.25) is 0 Å². The number of hydrogen-bond acceptors (Lipinski definition) is 1. The lowest BCUT2D eigenvalue weighted by Crippen LogP contribution is -2.06. The standard InChI is InChI=1S/C20H21N/c1-5-18-19(13-17-9-7-6-8-10-17)21(18)20-15(3)11-14(2)12-16(20)4/h1,6-12,18-19H,13H2,2-4H3/t18-,19-,21?/m0/s1. The number of anilines is 1. The fourth-order valence-corrected chi connectivity index (χ4v) is 3.42. The Bertz CT molecular complexity index is 671. The molecule has 1 heterocycles. The van der Waals surface area contributed by atoms with E-state index in [4.69, 9.17) is 6.42 Å². The van der Waals surface area contributed by atoms with Crippen LogP contribution in [0.15, 0.2) is 42.5 Å². The molecule has 3 rings (SSSR count). The molecule has 0 amide bonds. The van der Waals surface area contributed by atoms with Gasteiger partial charge in [-0.25, -0.2) is 0 Å². The first-order chi connectivity index (χ1) is 10.1. The van der Waals surface area contributed by atoms with Gasteiger partial charge in [0.15, 0.2) is 0 Å². The monoisotopic (exact) mass is 275 g/mol. The van der Waals surface area contributed by atoms with E-state index in [0.717, 1.165) is 6.42 Å². The molecule has 1 fully saturated rings. The molecule has 21 heavy (non-hydrogen) atoms. The molecule has 1 aliphatic rings. The van der Waals surface area contributed by atoms with Gasteiger partial charge in [-0.05, 0) is 43.9 Å². The third-order valence-corrected chi connectivity index (χ3v) is 4.28. The number of benzene rings is 2. The van der Waals surface area contributed by atoms with Gasteiger partial charge in [-0.3, -0.25) is 0 Å². The second-order valence-corrected chi connectivity index (χ2v) is 6.02. The lowest BCUT2D eigenvalue weighted by molar-refractivity contribution is 0.940. The minimum Gasteiger partial charge on any atom is -0.349 e. The first-order valence-electron chi connectivity index (χ1n) is 7.48. The van der Waals surface area contributed by atoms with Gasteiger partial charge in [-0.2, -0.15) is 0 Å². The van der Waals surface area contributed by atoms with Crippen molar-refractivity contribution in [3.05, 3.63) is 64.7 Å². The zero-order valence-electron chi connectivity index (χ0n) is 12.9. The predicted molar refractivity (Wildman–Crippen MR) is 89.7 cm³/mol. The quantitative estimate of drug-likeness (QED) is 0.603. The second kappa shape index (κ2) is 5.30. The van der Waals surface area contributed by atoms with Crippen molar-refractivity contribution in [2.75, 3.05) is 4.90 Å². The summed E-state index contributed by atoms with van der Waals surface area (Å²) < 4.78 is 0. The lowest BCUT2D eigenvalue weighted by Gasteiger charge is -2.14. The summed E-state index contributed by atoms with van der Waals surface area (Å²) in [6, 6.07) is 15.7. The third kappa shape index (κ3) is 2.54. The van der Waals surface area contributed by atoms with Crippen LogP contribution >= 0.6 is 0 Å². The minimum atomic E-state index is 0.227. The molecule has 0 N–H and O–H groups in total. The minimum absolute atomic E-state index is 0.227. The van der Waals surface area contributed by atoms with Crippen molar-refractivity contribution in [3.8, 4) is 12.3 Å². The van der Waals surface area contributed by atoms with Crippen molar-refractivity contribution in [3.63, 3.8) is 0 Å². The maximum Gasteiger partial charge on any atom is 0.111 e. The smallest absolute Gasteiger partial charge is 0.111 e. The molecule has 0 saturated carbocycles. The van der Waals surface area contributed by atoms with Gasteiger partial charge in [-0.15, -0.1) is 6.42 Å². The lowest BCUT2D eigenvalue weighted by atomic mass is 10.0. The van der Waals surface area contributed by atoms with Crippen LogP contribution in [0, 0.1) is 33.1 Å². The highest BCUT2D eigenvalue weighted by Crippen LogP contribution is 2.41. The molecule has 2 aromatic rings. The topological polar surface area (TPSA) is 3.01 Å². The van der Waals surface area contributed by atoms with Gasteiger partial charge in [0.25, 0.3) is 0 Å². The highest BCUT2D eigenvalue weighted by atomic mass is 15.4. The highest BCUT2D eigenvalue weighted by molar-refractivity contribution is 5.68. The molecule has 2 aromatic carbocycles. The van der Waals surface area contributed by atoms with Gasteiger partial charge in [0, 0.05) is 5.69 Å². The average Bonchev–Trinajstić information content (AvgIpc) is 3.11. The van der Waals surface area contributed by atoms with Gasteiger partial charge >= 0.3 is 0 Å². The third-order valence-electron chi connectivity index (χ3n) is 4.28. The van der Waals surface area contributed by atoms with Gasteiger partial charge in [-0.1, -0.05) is 53.9 Å². The number of nitrogens with zero attached hydrogens (tertiary/aromatic N) is 1. The summed E-state index contributed by atoms with van der Waals surface area (Å²) in [5.74, 6) is 2.95. The maximum absolute atomic E-state index is 5.74. The van der Waals surface area contributed by atoms with Crippen LogP contribution in [0.25, 0.3) is 0 Å². The zero-order chi connectivity index (χ0) is 15.0. The molecule has 0 radical (unpaired) electrons. The second-order valence-electron chi connectivity index (χ2n) is 6.02. The summed E-state index contributed by atoms with van der Waals surface area (Å²) in [6.45, 7) is 6.51. The van der Waals surface area contributed by atoms with Crippen molar-refractivity contribution >= 4 is 5.69 Å². The van der Waals surface area contributed by atoms with Crippen LogP contribution in [0.1, 0.15) is 22.3 Å². The van der Waals surface area contributed by atoms with Crippen LogP contribution in [0.4, 0.5) is 5.69 Å². The maximum atomic E-state index is 5.74. The fraction of sp³-hybridized carbons (Fsp3) is 0.300. The Morgan fingerprint density at radius 2 is 1.67 bits per heavy atom. The Morgan fingerprint density at radius 3 is 2.24 bits per heavy atom. The molecule has 2 atom stereocenters. The van der Waals surface area contributed by atoms with Crippen LogP contribution in [0.5, 0.6) is 0 Å². The molecule has 106 valence electrons. The van der Waals surface area contributed by atoms with Crippen molar-refractivity contribution in [2.45, 2.75) is 39.3 Å². The summed E-state index contributed by atoms with van der Waals surface area (Å²) in [4.78, 5) is 2.40. The van der Waals surface area contributed by atoms with Crippen molar-refractivity contribution in [2.24, 2.45) is 0 Å². The number of rotatable bonds is 3. The summed E-state index contributed by atoms with van der Waals surface area (Å²) in [5, 5.41) is 0. The molecule has 0 aromatic heterocycles. The van der Waals surface area contributed by atoms with Gasteiger partial charge in [0.1, 0.15) is 6.04 Å². The summed E-state index contributed by atoms with van der Waals surface area (Å²) >= 11 is 0. The molecule has 1 heteroatoms. The van der Waals surface area contributed by atoms with Crippen molar-refractivity contribution in [1.82, 2.24) is 0 Å². The highest BCUT2D eigenvalue weighted by Gasteiger charge is 2.47. The Balaban J connectivity index is 1.88. The molecular weight excluding hydrogens is 254 g/mol. The first kappa shape index (κ1) is 13.8. The molecule has 1 aliphatic heterocycles. The molecule has 0 spiro atoms. The van der Waals surface area contributed by atoms with E-state index in [2.05, 4.69) is 74.1 Å². The van der Waals surface area contributed by atoms with Crippen LogP contribution in [-0.4, -0.2) is 12.1 Å². The van der Waals surface area contributed by atoms with E-state index in [1.165, 1.54) is 27.9 Å². The van der Waals surface area contributed by atoms with Crippen molar-refractivity contribution < 1.29 is 0 Å². The van der Waals surface area contributed by atoms with E-state index in [9.17, 15) is 0 Å². The number of hydrogen-bond donors (Lipinski definition) is 0. The largest absolute Gasteiger partial charge is 0.349 e. The van der Waals surface area contributed by atoms with E-state index in [0.29, 0.717) is 6.04 Å². The Kier molecular flexibility index (Phi) is 3.47. The van der Waals surface area contributed by atoms with Crippen LogP contribution in [0.2, 0.25) is 0 Å². The van der Waals surface area contributed by atoms with Gasteiger partial charge in [0.05, 0.1) is 6.04 Å². The van der Waals surface area contributed by atoms with Crippen LogP contribution in [0.3, 0.4) is 0 Å². The predicted octanol–water partition coefficient (Wildman–Crippen LogP) is 4.04. The van der Waals surface area contributed by atoms with Crippen molar-refractivity contribution in [1.29, 1.82) is 0 Å². The van der Waals surface area contributed by atoms with E-state index in [-0.39, 0.29) is 6.04 Å². The molecule has 0 bridgehead atoms. The number of terminal acetylenes is 1. The van der Waals surface area contributed by atoms with E-state index in [1.54, 1.807) is 0 Å². The molecular formula is C20H21N. The van der Waals surface area contributed by atoms with E-state index in [1.807, 2.05) is 0 Å². The van der Waals surface area contributed by atoms with E-state index >= 15 is 0 Å². The molecule has 0 aliphatic carbocycles. The van der Waals surface area contributed by atoms with Gasteiger partial charge < -0.3 is 4.90 Å². The zero-order valence-corrected chi connectivity index (χ0v) is 12.9. The Labute approximate surface area is 127 Å². The van der Waals surface area contributed by atoms with Crippen LogP contribution < -0.4 is 4.90 Å². The Hall–Kier alpha value is -2.20. The number of aryl methyl sites for hydroxylation is 3. The fourth-order valence-electron chi connectivity index (χ4n) is 3.42. The summed E-state index contributed by atoms with van der Waals surface area (Å²) in [7, 11) is 0. The molecule has 1 nitrogen and oxygen atoms in total. The average molecular weight is 275 g/mol. The SMILES string of the molecule is C#C[C@H]1[C@H](Cc2ccccc2)N1c1c(C)cc(C)cc1C. The van der Waals surface area contributed by atoms with Crippen LogP contribution in [-0.2, 0) is 6.42 Å². The first-order valence-corrected chi connectivity index (χ1v) is 7.48.